The van der Waals surface area contributed by atoms with E-state index in [0.29, 0.717) is 6.54 Å². The van der Waals surface area contributed by atoms with Crippen molar-refractivity contribution in [2.75, 3.05) is 26.7 Å². The molecule has 3 N–H and O–H groups in total. The van der Waals surface area contributed by atoms with Crippen LogP contribution >= 0.6 is 0 Å². The fourth-order valence-corrected chi connectivity index (χ4v) is 3.56. The number of hydrogen-bond donors (Lipinski definition) is 3. The first kappa shape index (κ1) is 21.5. The maximum absolute atomic E-state index is 12.7. The van der Waals surface area contributed by atoms with Crippen LogP contribution in [0.15, 0.2) is 24.3 Å². The highest BCUT2D eigenvalue weighted by atomic mass is 16.6. The van der Waals surface area contributed by atoms with Crippen molar-refractivity contribution >= 4 is 29.0 Å². The second kappa shape index (κ2) is 8.64. The summed E-state index contributed by atoms with van der Waals surface area (Å²) in [5, 5.41) is 6.32. The van der Waals surface area contributed by atoms with Gasteiger partial charge in [-0.2, -0.15) is 0 Å². The number of aromatic amines is 1. The average molecular weight is 416 g/mol. The third-order valence-corrected chi connectivity index (χ3v) is 4.77. The fourth-order valence-electron chi connectivity index (χ4n) is 3.56. The second-order valence-corrected chi connectivity index (χ2v) is 8.18. The molecule has 0 bridgehead atoms. The minimum absolute atomic E-state index is 0.215. The molecule has 2 heterocycles. The van der Waals surface area contributed by atoms with Crippen molar-refractivity contribution in [3.63, 3.8) is 0 Å². The number of carbonyl (C=O) groups excluding carboxylic acids is 3. The topological polar surface area (TPSA) is 113 Å². The Bertz CT molecular complexity index is 947. The van der Waals surface area contributed by atoms with E-state index >= 15 is 0 Å². The van der Waals surface area contributed by atoms with E-state index in [0.717, 1.165) is 22.2 Å². The van der Waals surface area contributed by atoms with Crippen LogP contribution in [0.2, 0.25) is 0 Å². The number of alkyl carbamates (subject to hydrolysis) is 1. The standard InChI is InChI=1S/C21H28N4O5/c1-21(2,3)30-20(28)23-10-9-22-19(27)25-11-14(18(26)29-4)17-13-7-5-6-8-15(13)24-16(17)12-25/h5-8,14,24H,9-12H2,1-4H3,(H,22,27)(H,23,28). The van der Waals surface area contributed by atoms with Crippen molar-refractivity contribution in [2.45, 2.75) is 38.8 Å². The molecule has 0 saturated heterocycles. The zero-order valence-electron chi connectivity index (χ0n) is 17.7. The number of carbonyl (C=O) groups is 3. The fraction of sp³-hybridized carbons (Fsp3) is 0.476. The van der Waals surface area contributed by atoms with E-state index < -0.39 is 17.6 Å². The maximum Gasteiger partial charge on any atom is 0.407 e. The van der Waals surface area contributed by atoms with Crippen LogP contribution in [0.5, 0.6) is 0 Å². The maximum atomic E-state index is 12.7. The Morgan fingerprint density at radius 3 is 2.57 bits per heavy atom. The van der Waals surface area contributed by atoms with Gasteiger partial charge in [-0.3, -0.25) is 4.79 Å². The molecule has 0 spiro atoms. The zero-order valence-corrected chi connectivity index (χ0v) is 17.7. The van der Waals surface area contributed by atoms with Gasteiger partial charge in [0, 0.05) is 36.2 Å². The number of hydrogen-bond acceptors (Lipinski definition) is 5. The van der Waals surface area contributed by atoms with Crippen LogP contribution in [0, 0.1) is 0 Å². The van der Waals surface area contributed by atoms with Crippen LogP contribution in [-0.2, 0) is 20.8 Å². The largest absolute Gasteiger partial charge is 0.468 e. The first-order chi connectivity index (χ1) is 14.2. The SMILES string of the molecule is COC(=O)C1CN(C(=O)NCCNC(=O)OC(C)(C)C)Cc2[nH]c3ccccc3c21. The number of rotatable bonds is 4. The summed E-state index contributed by atoms with van der Waals surface area (Å²) in [4.78, 5) is 41.6. The lowest BCUT2D eigenvalue weighted by atomic mass is 9.92. The molecule has 1 atom stereocenters. The van der Waals surface area contributed by atoms with Gasteiger partial charge in [0.05, 0.1) is 13.7 Å². The molecule has 0 fully saturated rings. The summed E-state index contributed by atoms with van der Waals surface area (Å²) in [7, 11) is 1.35. The van der Waals surface area contributed by atoms with Crippen molar-refractivity contribution in [3.8, 4) is 0 Å². The number of esters is 1. The van der Waals surface area contributed by atoms with Crippen LogP contribution in [0.3, 0.4) is 0 Å². The predicted molar refractivity (Wildman–Crippen MR) is 111 cm³/mol. The normalized spacial score (nSPS) is 16.0. The summed E-state index contributed by atoms with van der Waals surface area (Å²) in [6, 6.07) is 7.41. The second-order valence-electron chi connectivity index (χ2n) is 8.18. The summed E-state index contributed by atoms with van der Waals surface area (Å²) >= 11 is 0. The molecule has 9 heteroatoms. The lowest BCUT2D eigenvalue weighted by Gasteiger charge is -2.31. The molecule has 1 aliphatic heterocycles. The lowest BCUT2D eigenvalue weighted by Crippen LogP contribution is -2.47. The number of para-hydroxylation sites is 1. The highest BCUT2D eigenvalue weighted by molar-refractivity contribution is 5.92. The van der Waals surface area contributed by atoms with Gasteiger partial charge in [0.2, 0.25) is 0 Å². The average Bonchev–Trinajstić information content (AvgIpc) is 3.07. The van der Waals surface area contributed by atoms with Gasteiger partial charge in [-0.05, 0) is 32.4 Å². The Labute approximate surface area is 175 Å². The van der Waals surface area contributed by atoms with Gasteiger partial charge in [-0.15, -0.1) is 0 Å². The van der Waals surface area contributed by atoms with Gasteiger partial charge in [0.15, 0.2) is 0 Å². The number of urea groups is 1. The molecule has 1 aromatic heterocycles. The number of fused-ring (bicyclic) bond motifs is 3. The van der Waals surface area contributed by atoms with Gasteiger partial charge in [0.1, 0.15) is 11.5 Å². The number of aromatic nitrogens is 1. The molecular weight excluding hydrogens is 388 g/mol. The number of methoxy groups -OCH3 is 1. The third kappa shape index (κ3) is 4.84. The number of H-pyrrole nitrogens is 1. The van der Waals surface area contributed by atoms with Crippen LogP contribution in [0.1, 0.15) is 37.9 Å². The van der Waals surface area contributed by atoms with E-state index in [-0.39, 0.29) is 31.6 Å². The van der Waals surface area contributed by atoms with E-state index in [9.17, 15) is 14.4 Å². The minimum Gasteiger partial charge on any atom is -0.468 e. The Kier molecular flexibility index (Phi) is 6.19. The van der Waals surface area contributed by atoms with Gasteiger partial charge in [-0.25, -0.2) is 9.59 Å². The minimum atomic E-state index is -0.582. The number of amides is 3. The van der Waals surface area contributed by atoms with Gasteiger partial charge >= 0.3 is 18.1 Å². The van der Waals surface area contributed by atoms with Crippen molar-refractivity contribution < 1.29 is 23.9 Å². The molecule has 1 aromatic carbocycles. The van der Waals surface area contributed by atoms with E-state index in [4.69, 9.17) is 9.47 Å². The highest BCUT2D eigenvalue weighted by Crippen LogP contribution is 2.35. The molecule has 162 valence electrons. The van der Waals surface area contributed by atoms with Crippen LogP contribution in [0.4, 0.5) is 9.59 Å². The molecule has 3 rings (SSSR count). The van der Waals surface area contributed by atoms with Gasteiger partial charge in [-0.1, -0.05) is 18.2 Å². The van der Waals surface area contributed by atoms with Crippen molar-refractivity contribution in [3.05, 3.63) is 35.5 Å². The number of benzene rings is 1. The quantitative estimate of drug-likeness (QED) is 0.524. The Morgan fingerprint density at radius 2 is 1.87 bits per heavy atom. The highest BCUT2D eigenvalue weighted by Gasteiger charge is 2.36. The van der Waals surface area contributed by atoms with E-state index in [2.05, 4.69) is 15.6 Å². The van der Waals surface area contributed by atoms with Crippen LogP contribution in [0.25, 0.3) is 10.9 Å². The zero-order chi connectivity index (χ0) is 21.9. The van der Waals surface area contributed by atoms with Crippen molar-refractivity contribution in [1.29, 1.82) is 0 Å². The first-order valence-electron chi connectivity index (χ1n) is 9.86. The summed E-state index contributed by atoms with van der Waals surface area (Å²) < 4.78 is 10.1. The summed E-state index contributed by atoms with van der Waals surface area (Å²) in [6.07, 6.45) is -0.539. The van der Waals surface area contributed by atoms with E-state index in [1.54, 1.807) is 25.7 Å². The monoisotopic (exact) mass is 416 g/mol. The van der Waals surface area contributed by atoms with E-state index in [1.807, 2.05) is 24.3 Å². The predicted octanol–water partition coefficient (Wildman–Crippen LogP) is 2.47. The van der Waals surface area contributed by atoms with Gasteiger partial charge in [0.25, 0.3) is 0 Å². The molecule has 3 amide bonds. The Morgan fingerprint density at radius 1 is 1.17 bits per heavy atom. The molecule has 0 aliphatic carbocycles. The molecule has 0 radical (unpaired) electrons. The molecule has 2 aromatic rings. The van der Waals surface area contributed by atoms with Crippen LogP contribution < -0.4 is 10.6 Å². The van der Waals surface area contributed by atoms with Gasteiger partial charge < -0.3 is 30.0 Å². The number of nitrogens with zero attached hydrogens (tertiary/aromatic N) is 1. The number of ether oxygens (including phenoxy) is 2. The summed E-state index contributed by atoms with van der Waals surface area (Å²) in [5.41, 5.74) is 2.04. The molecule has 1 unspecified atom stereocenters. The first-order valence-corrected chi connectivity index (χ1v) is 9.86. The van der Waals surface area contributed by atoms with Crippen molar-refractivity contribution in [2.24, 2.45) is 0 Å². The van der Waals surface area contributed by atoms with Crippen molar-refractivity contribution in [1.82, 2.24) is 20.5 Å². The Hall–Kier alpha value is -3.23. The summed E-state index contributed by atoms with van der Waals surface area (Å²) in [6.45, 7) is 6.36. The lowest BCUT2D eigenvalue weighted by molar-refractivity contribution is -0.143. The van der Waals surface area contributed by atoms with E-state index in [1.165, 1.54) is 7.11 Å². The third-order valence-electron chi connectivity index (χ3n) is 4.77. The smallest absolute Gasteiger partial charge is 0.407 e. The molecule has 9 nitrogen and oxygen atoms in total. The molecule has 0 saturated carbocycles. The molecular formula is C21H28N4O5. The summed E-state index contributed by atoms with van der Waals surface area (Å²) in [5.74, 6) is -0.953. The number of nitrogens with one attached hydrogen (secondary N) is 3. The van der Waals surface area contributed by atoms with Crippen LogP contribution in [-0.4, -0.2) is 60.3 Å². The Balaban J connectivity index is 1.64. The molecule has 1 aliphatic rings. The molecule has 30 heavy (non-hydrogen) atoms.